The summed E-state index contributed by atoms with van der Waals surface area (Å²) < 4.78 is 37.6. The summed E-state index contributed by atoms with van der Waals surface area (Å²) in [5, 5.41) is 2.56. The molecule has 138 valence electrons. The van der Waals surface area contributed by atoms with Gasteiger partial charge in [-0.15, -0.1) is 0 Å². The summed E-state index contributed by atoms with van der Waals surface area (Å²) in [6.07, 6.45) is -4.39. The number of nitrogens with one attached hydrogen (secondary N) is 1. The van der Waals surface area contributed by atoms with Crippen LogP contribution < -0.4 is 5.32 Å². The van der Waals surface area contributed by atoms with Gasteiger partial charge in [0.05, 0.1) is 12.1 Å². The molecule has 0 fully saturated rings. The van der Waals surface area contributed by atoms with E-state index in [0.29, 0.717) is 11.1 Å². The molecule has 0 aliphatic heterocycles. The van der Waals surface area contributed by atoms with E-state index in [-0.39, 0.29) is 24.9 Å². The highest BCUT2D eigenvalue weighted by Crippen LogP contribution is 2.29. The van der Waals surface area contributed by atoms with Crippen LogP contribution in [0.1, 0.15) is 27.0 Å². The highest BCUT2D eigenvalue weighted by atomic mass is 19.4. The van der Waals surface area contributed by atoms with Crippen molar-refractivity contribution in [2.75, 3.05) is 13.6 Å². The van der Waals surface area contributed by atoms with Gasteiger partial charge in [0.2, 0.25) is 5.91 Å². The van der Waals surface area contributed by atoms with Crippen molar-refractivity contribution >= 4 is 11.8 Å². The van der Waals surface area contributed by atoms with E-state index in [1.807, 2.05) is 6.07 Å². The van der Waals surface area contributed by atoms with Gasteiger partial charge in [0.25, 0.3) is 5.91 Å². The Bertz CT molecular complexity index is 786. The first kappa shape index (κ1) is 19.5. The predicted octanol–water partition coefficient (Wildman–Crippen LogP) is 3.40. The number of alkyl halides is 3. The standard InChI is InChI=1S/C19H19F3N2O2/c1-13-5-3-4-6-16(13)18(26)23-11-17(25)24(2)12-14-7-9-15(10-8-14)19(20,21)22/h3-10H,11-12H2,1-2H3,(H,23,26). The Morgan fingerprint density at radius 1 is 1.04 bits per heavy atom. The fraction of sp³-hybridized carbons (Fsp3) is 0.263. The van der Waals surface area contributed by atoms with Crippen molar-refractivity contribution in [3.8, 4) is 0 Å². The van der Waals surface area contributed by atoms with E-state index in [4.69, 9.17) is 0 Å². The monoisotopic (exact) mass is 364 g/mol. The molecule has 2 aromatic carbocycles. The second-order valence-corrected chi connectivity index (χ2v) is 5.94. The zero-order chi connectivity index (χ0) is 19.3. The molecule has 0 heterocycles. The van der Waals surface area contributed by atoms with Crippen LogP contribution in [-0.2, 0) is 17.5 Å². The molecule has 0 atom stereocenters. The average Bonchev–Trinajstić information content (AvgIpc) is 2.59. The number of benzene rings is 2. The molecule has 7 heteroatoms. The van der Waals surface area contributed by atoms with E-state index in [2.05, 4.69) is 5.32 Å². The molecule has 0 radical (unpaired) electrons. The summed E-state index contributed by atoms with van der Waals surface area (Å²) in [6, 6.07) is 11.6. The van der Waals surface area contributed by atoms with Crippen LogP contribution in [0, 0.1) is 6.92 Å². The van der Waals surface area contributed by atoms with Crippen molar-refractivity contribution in [3.05, 3.63) is 70.8 Å². The number of hydrogen-bond acceptors (Lipinski definition) is 2. The maximum atomic E-state index is 12.5. The van der Waals surface area contributed by atoms with Gasteiger partial charge in [0.15, 0.2) is 0 Å². The van der Waals surface area contributed by atoms with Crippen molar-refractivity contribution in [3.63, 3.8) is 0 Å². The van der Waals surface area contributed by atoms with E-state index >= 15 is 0 Å². The number of aryl methyl sites for hydroxylation is 1. The van der Waals surface area contributed by atoms with Crippen molar-refractivity contribution in [2.24, 2.45) is 0 Å². The van der Waals surface area contributed by atoms with Gasteiger partial charge >= 0.3 is 6.18 Å². The molecule has 2 amide bonds. The molecule has 26 heavy (non-hydrogen) atoms. The molecule has 2 rings (SSSR count). The smallest absolute Gasteiger partial charge is 0.343 e. The van der Waals surface area contributed by atoms with Crippen LogP contribution in [0.4, 0.5) is 13.2 Å². The molecule has 0 saturated carbocycles. The number of halogens is 3. The van der Waals surface area contributed by atoms with Crippen LogP contribution in [0.15, 0.2) is 48.5 Å². The lowest BCUT2D eigenvalue weighted by Crippen LogP contribution is -2.38. The zero-order valence-corrected chi connectivity index (χ0v) is 14.4. The molecular weight excluding hydrogens is 345 g/mol. The number of carbonyl (C=O) groups is 2. The molecule has 0 saturated heterocycles. The SMILES string of the molecule is Cc1ccccc1C(=O)NCC(=O)N(C)Cc1ccc(C(F)(F)F)cc1. The molecular formula is C19H19F3N2O2. The Morgan fingerprint density at radius 3 is 2.23 bits per heavy atom. The Hall–Kier alpha value is -2.83. The lowest BCUT2D eigenvalue weighted by Gasteiger charge is -2.18. The lowest BCUT2D eigenvalue weighted by atomic mass is 10.1. The van der Waals surface area contributed by atoms with E-state index in [1.165, 1.54) is 24.1 Å². The molecule has 0 spiro atoms. The predicted molar refractivity (Wildman–Crippen MR) is 91.4 cm³/mol. The normalized spacial score (nSPS) is 11.1. The summed E-state index contributed by atoms with van der Waals surface area (Å²) >= 11 is 0. The van der Waals surface area contributed by atoms with Crippen LogP contribution >= 0.6 is 0 Å². The number of amides is 2. The van der Waals surface area contributed by atoms with Gasteiger partial charge in [-0.05, 0) is 36.2 Å². The van der Waals surface area contributed by atoms with Crippen LogP contribution in [0.3, 0.4) is 0 Å². The third-order valence-electron chi connectivity index (χ3n) is 3.92. The molecule has 0 aromatic heterocycles. The van der Waals surface area contributed by atoms with Crippen LogP contribution in [0.2, 0.25) is 0 Å². The van der Waals surface area contributed by atoms with Gasteiger partial charge in [-0.3, -0.25) is 9.59 Å². The van der Waals surface area contributed by atoms with Gasteiger partial charge < -0.3 is 10.2 Å². The second kappa shape index (κ2) is 8.03. The highest BCUT2D eigenvalue weighted by Gasteiger charge is 2.30. The summed E-state index contributed by atoms with van der Waals surface area (Å²) in [4.78, 5) is 25.6. The molecule has 0 aliphatic carbocycles. The number of hydrogen-bond donors (Lipinski definition) is 1. The van der Waals surface area contributed by atoms with Crippen LogP contribution in [0.25, 0.3) is 0 Å². The first-order chi connectivity index (χ1) is 12.2. The number of nitrogens with zero attached hydrogens (tertiary/aromatic N) is 1. The minimum Gasteiger partial charge on any atom is -0.343 e. The van der Waals surface area contributed by atoms with Gasteiger partial charge in [-0.2, -0.15) is 13.2 Å². The third kappa shape index (κ3) is 5.08. The zero-order valence-electron chi connectivity index (χ0n) is 14.4. The highest BCUT2D eigenvalue weighted by molar-refractivity contribution is 5.97. The lowest BCUT2D eigenvalue weighted by molar-refractivity contribution is -0.137. The molecule has 4 nitrogen and oxygen atoms in total. The summed E-state index contributed by atoms with van der Waals surface area (Å²) in [7, 11) is 1.53. The molecule has 0 aliphatic rings. The largest absolute Gasteiger partial charge is 0.416 e. The van der Waals surface area contributed by atoms with Gasteiger partial charge in [0, 0.05) is 19.2 Å². The quantitative estimate of drug-likeness (QED) is 0.884. The van der Waals surface area contributed by atoms with E-state index in [1.54, 1.807) is 25.1 Å². The van der Waals surface area contributed by atoms with Crippen molar-refractivity contribution in [2.45, 2.75) is 19.6 Å². The van der Waals surface area contributed by atoms with Crippen LogP contribution in [-0.4, -0.2) is 30.3 Å². The molecule has 0 unspecified atom stereocenters. The van der Waals surface area contributed by atoms with Crippen LogP contribution in [0.5, 0.6) is 0 Å². The molecule has 0 bridgehead atoms. The van der Waals surface area contributed by atoms with Gasteiger partial charge in [-0.1, -0.05) is 30.3 Å². The van der Waals surface area contributed by atoms with Gasteiger partial charge in [0.1, 0.15) is 0 Å². The van der Waals surface area contributed by atoms with Crippen molar-refractivity contribution in [1.82, 2.24) is 10.2 Å². The Kier molecular flexibility index (Phi) is 6.02. The molecule has 2 aromatic rings. The third-order valence-corrected chi connectivity index (χ3v) is 3.92. The average molecular weight is 364 g/mol. The van der Waals surface area contributed by atoms with Crippen molar-refractivity contribution < 1.29 is 22.8 Å². The fourth-order valence-electron chi connectivity index (χ4n) is 2.37. The Morgan fingerprint density at radius 2 is 1.65 bits per heavy atom. The molecule has 1 N–H and O–H groups in total. The van der Waals surface area contributed by atoms with Gasteiger partial charge in [-0.25, -0.2) is 0 Å². The minimum atomic E-state index is -4.39. The number of rotatable bonds is 5. The minimum absolute atomic E-state index is 0.150. The summed E-state index contributed by atoms with van der Waals surface area (Å²) in [5.74, 6) is -0.689. The number of carbonyl (C=O) groups excluding carboxylic acids is 2. The number of likely N-dealkylation sites (N-methyl/N-ethyl adjacent to an activating group) is 1. The van der Waals surface area contributed by atoms with Crippen molar-refractivity contribution in [1.29, 1.82) is 0 Å². The van der Waals surface area contributed by atoms with E-state index in [9.17, 15) is 22.8 Å². The maximum absolute atomic E-state index is 12.5. The topological polar surface area (TPSA) is 49.4 Å². The van der Waals surface area contributed by atoms with E-state index < -0.39 is 11.7 Å². The second-order valence-electron chi connectivity index (χ2n) is 5.94. The first-order valence-corrected chi connectivity index (χ1v) is 7.92. The maximum Gasteiger partial charge on any atom is 0.416 e. The fourth-order valence-corrected chi connectivity index (χ4v) is 2.37. The van der Waals surface area contributed by atoms with E-state index in [0.717, 1.165) is 17.7 Å². The Labute approximate surface area is 149 Å². The summed E-state index contributed by atoms with van der Waals surface area (Å²) in [5.41, 5.74) is 1.13. The Balaban J connectivity index is 1.89. The summed E-state index contributed by atoms with van der Waals surface area (Å²) in [6.45, 7) is 1.76. The first-order valence-electron chi connectivity index (χ1n) is 7.92.